The van der Waals surface area contributed by atoms with Crippen LogP contribution in [-0.4, -0.2) is 36.6 Å². The van der Waals surface area contributed by atoms with Crippen molar-refractivity contribution in [2.75, 3.05) is 26.4 Å². The van der Waals surface area contributed by atoms with Crippen LogP contribution < -0.4 is 0 Å². The van der Waals surface area contributed by atoms with Crippen molar-refractivity contribution in [3.05, 3.63) is 96.5 Å². The largest absolute Gasteiger partial charge is 0.498 e. The fourth-order valence-corrected chi connectivity index (χ4v) is 4.37. The van der Waals surface area contributed by atoms with Gasteiger partial charge >= 0.3 is 0 Å². The molecule has 0 amide bonds. The van der Waals surface area contributed by atoms with Crippen molar-refractivity contribution in [1.29, 1.82) is 0 Å². The van der Waals surface area contributed by atoms with Crippen molar-refractivity contribution >= 4 is 0 Å². The highest BCUT2D eigenvalue weighted by molar-refractivity contribution is 5.20. The van der Waals surface area contributed by atoms with Crippen LogP contribution in [0.5, 0.6) is 0 Å². The van der Waals surface area contributed by atoms with Gasteiger partial charge in [-0.2, -0.15) is 0 Å². The average Bonchev–Trinajstić information content (AvgIpc) is 2.94. The Morgan fingerprint density at radius 2 is 1.08 bits per heavy atom. The number of ether oxygens (including phenoxy) is 2. The summed E-state index contributed by atoms with van der Waals surface area (Å²) < 4.78 is 11.0. The van der Waals surface area contributed by atoms with Gasteiger partial charge in [0.05, 0.1) is 24.7 Å². The third-order valence-electron chi connectivity index (χ3n) is 6.87. The summed E-state index contributed by atoms with van der Waals surface area (Å²) in [4.78, 5) is 0. The monoisotopic (exact) mass is 510 g/mol. The Morgan fingerprint density at radius 1 is 0.676 bits per heavy atom. The number of hydrogen-bond acceptors (Lipinski definition) is 4. The fraction of sp³-hybridized carbons (Fsp3) is 0.515. The van der Waals surface area contributed by atoms with Crippen molar-refractivity contribution in [2.45, 2.75) is 71.6 Å². The minimum Gasteiger partial charge on any atom is -0.498 e. The Bertz CT molecular complexity index is 849. The molecule has 0 bridgehead atoms. The molecule has 0 aliphatic rings. The van der Waals surface area contributed by atoms with Gasteiger partial charge in [0.15, 0.2) is 0 Å². The lowest BCUT2D eigenvalue weighted by Crippen LogP contribution is -2.10. The van der Waals surface area contributed by atoms with E-state index in [9.17, 15) is 0 Å². The van der Waals surface area contributed by atoms with Gasteiger partial charge in [0.2, 0.25) is 0 Å². The lowest BCUT2D eigenvalue weighted by atomic mass is 9.87. The Kier molecular flexibility index (Phi) is 17.1. The molecule has 0 aromatic heterocycles. The lowest BCUT2D eigenvalue weighted by molar-refractivity contribution is 0.125. The second-order valence-electron chi connectivity index (χ2n) is 9.74. The van der Waals surface area contributed by atoms with E-state index in [2.05, 4.69) is 95.5 Å². The van der Waals surface area contributed by atoms with Crippen LogP contribution in [0.25, 0.3) is 0 Å². The van der Waals surface area contributed by atoms with E-state index in [0.29, 0.717) is 43.3 Å². The molecular weight excluding hydrogens is 460 g/mol. The van der Waals surface area contributed by atoms with Gasteiger partial charge < -0.3 is 19.7 Å². The Morgan fingerprint density at radius 3 is 1.43 bits per heavy atom. The van der Waals surface area contributed by atoms with Gasteiger partial charge in [0.25, 0.3) is 0 Å². The molecule has 2 aromatic rings. The molecule has 2 N–H and O–H groups in total. The van der Waals surface area contributed by atoms with Gasteiger partial charge in [-0.25, -0.2) is 0 Å². The van der Waals surface area contributed by atoms with Gasteiger partial charge in [-0.3, -0.25) is 0 Å². The van der Waals surface area contributed by atoms with Crippen LogP contribution in [0.1, 0.15) is 82.8 Å². The molecule has 0 aliphatic carbocycles. The molecule has 0 radical (unpaired) electrons. The van der Waals surface area contributed by atoms with Crippen molar-refractivity contribution in [3.8, 4) is 0 Å². The summed E-state index contributed by atoms with van der Waals surface area (Å²) in [5.74, 6) is 3.34. The molecule has 4 atom stereocenters. The van der Waals surface area contributed by atoms with E-state index < -0.39 is 0 Å². The van der Waals surface area contributed by atoms with E-state index in [-0.39, 0.29) is 13.2 Å². The predicted molar refractivity (Wildman–Crippen MR) is 155 cm³/mol. The molecule has 37 heavy (non-hydrogen) atoms. The molecule has 0 saturated heterocycles. The first kappa shape index (κ1) is 32.5. The molecule has 0 fully saturated rings. The van der Waals surface area contributed by atoms with Crippen molar-refractivity contribution in [3.63, 3.8) is 0 Å². The summed E-state index contributed by atoms with van der Waals surface area (Å²) in [7, 11) is 0. The zero-order valence-corrected chi connectivity index (χ0v) is 23.6. The summed E-state index contributed by atoms with van der Waals surface area (Å²) in [6.07, 6.45) is 4.99. The number of hydrogen-bond donors (Lipinski definition) is 2. The first-order chi connectivity index (χ1) is 17.9. The molecule has 2 aromatic carbocycles. The first-order valence-electron chi connectivity index (χ1n) is 13.8. The highest BCUT2D eigenvalue weighted by Gasteiger charge is 2.17. The predicted octanol–water partition coefficient (Wildman–Crippen LogP) is 7.85. The molecule has 0 saturated carbocycles. The minimum absolute atomic E-state index is 0.0433. The summed E-state index contributed by atoms with van der Waals surface area (Å²) in [6, 6.07) is 21.2. The number of aliphatic hydroxyl groups excluding tert-OH is 2. The fourth-order valence-electron chi connectivity index (χ4n) is 4.37. The molecule has 206 valence electrons. The number of aliphatic hydroxyl groups is 2. The van der Waals surface area contributed by atoms with Crippen molar-refractivity contribution < 1.29 is 19.7 Å². The van der Waals surface area contributed by atoms with E-state index in [4.69, 9.17) is 19.7 Å². The van der Waals surface area contributed by atoms with Gasteiger partial charge in [0, 0.05) is 24.9 Å². The third kappa shape index (κ3) is 13.0. The normalized spacial score (nSPS) is 13.9. The average molecular weight is 511 g/mol. The summed E-state index contributed by atoms with van der Waals surface area (Å²) >= 11 is 0. The summed E-state index contributed by atoms with van der Waals surface area (Å²) in [6.45, 7) is 17.8. The highest BCUT2D eigenvalue weighted by Crippen LogP contribution is 2.30. The molecule has 0 aliphatic heterocycles. The maximum atomic E-state index is 8.74. The Labute approximate surface area is 226 Å². The maximum absolute atomic E-state index is 8.74. The molecule has 4 nitrogen and oxygen atoms in total. The summed E-state index contributed by atoms with van der Waals surface area (Å²) in [5.41, 5.74) is 2.77. The standard InChI is InChI=1S/C17H26O2.C16H24O2/c1-4-16(17-9-6-5-7-10-17)13-14(2)15(3)19-12-8-11-18;1-4-15(16-8-6-5-7-9-16)12-13(2)14(3)18-11-10-17/h5-7,9-10,14,16,18H,3-4,8,11-13H2,1-2H3;5-9,13,15,17H,3-4,10-12H2,1-2H3. The molecule has 0 spiro atoms. The smallest absolute Gasteiger partial charge is 0.111 e. The maximum Gasteiger partial charge on any atom is 0.111 e. The van der Waals surface area contributed by atoms with Crippen molar-refractivity contribution in [1.82, 2.24) is 0 Å². The molecule has 4 heteroatoms. The molecule has 0 heterocycles. The zero-order chi connectivity index (χ0) is 27.5. The van der Waals surface area contributed by atoms with E-state index >= 15 is 0 Å². The Balaban J connectivity index is 0.000000371. The first-order valence-corrected chi connectivity index (χ1v) is 13.8. The van der Waals surface area contributed by atoms with Crippen LogP contribution in [0, 0.1) is 11.8 Å². The second-order valence-corrected chi connectivity index (χ2v) is 9.74. The topological polar surface area (TPSA) is 58.9 Å². The van der Waals surface area contributed by atoms with Crippen LogP contribution in [0.3, 0.4) is 0 Å². The van der Waals surface area contributed by atoms with Crippen LogP contribution in [0.4, 0.5) is 0 Å². The molecular formula is C33H50O4. The SMILES string of the molecule is C=C(OCCCO)C(C)CC(CC)c1ccccc1.C=C(OCCO)C(C)CC(CC)c1ccccc1. The number of benzene rings is 2. The van der Waals surface area contributed by atoms with Gasteiger partial charge in [-0.05, 0) is 48.6 Å². The van der Waals surface area contributed by atoms with Gasteiger partial charge in [0.1, 0.15) is 6.61 Å². The van der Waals surface area contributed by atoms with Gasteiger partial charge in [-0.1, -0.05) is 102 Å². The molecule has 4 unspecified atom stereocenters. The van der Waals surface area contributed by atoms with Crippen LogP contribution >= 0.6 is 0 Å². The minimum atomic E-state index is 0.0433. The molecule has 2 rings (SSSR count). The van der Waals surface area contributed by atoms with Gasteiger partial charge in [-0.15, -0.1) is 0 Å². The van der Waals surface area contributed by atoms with E-state index in [1.54, 1.807) is 0 Å². The third-order valence-corrected chi connectivity index (χ3v) is 6.87. The quantitative estimate of drug-likeness (QED) is 0.168. The summed E-state index contributed by atoms with van der Waals surface area (Å²) in [5, 5.41) is 17.5. The van der Waals surface area contributed by atoms with Crippen molar-refractivity contribution in [2.24, 2.45) is 11.8 Å². The second kappa shape index (κ2) is 19.5. The van der Waals surface area contributed by atoms with E-state index in [1.807, 2.05) is 6.07 Å². The highest BCUT2D eigenvalue weighted by atomic mass is 16.5. The zero-order valence-electron chi connectivity index (χ0n) is 23.6. The van der Waals surface area contributed by atoms with Crippen LogP contribution in [-0.2, 0) is 9.47 Å². The number of rotatable bonds is 17. The Hall–Kier alpha value is -2.56. The van der Waals surface area contributed by atoms with E-state index in [0.717, 1.165) is 37.2 Å². The lowest BCUT2D eigenvalue weighted by Gasteiger charge is -2.22. The van der Waals surface area contributed by atoms with Crippen LogP contribution in [0.15, 0.2) is 85.3 Å². The van der Waals surface area contributed by atoms with Crippen LogP contribution in [0.2, 0.25) is 0 Å². The number of allylic oxidation sites excluding steroid dienone is 2. The van der Waals surface area contributed by atoms with E-state index in [1.165, 1.54) is 11.1 Å².